The lowest BCUT2D eigenvalue weighted by molar-refractivity contribution is -0.242. The average Bonchev–Trinajstić information content (AvgIpc) is 2.03. The lowest BCUT2D eigenvalue weighted by atomic mass is 10.1. The second-order valence-electron chi connectivity index (χ2n) is 2.36. The van der Waals surface area contributed by atoms with Crippen molar-refractivity contribution >= 4 is 0 Å². The normalized spacial score (nSPS) is 14.3. The third-order valence-corrected chi connectivity index (χ3v) is 1.40. The quantitative estimate of drug-likeness (QED) is 0.732. The van der Waals surface area contributed by atoms with E-state index in [0.29, 0.717) is 0 Å². The van der Waals surface area contributed by atoms with Crippen LogP contribution in [0.15, 0.2) is 30.3 Å². The monoisotopic (exact) mass is 176 g/mol. The fraction of sp³-hybridized carbons (Fsp3) is 0.250. The number of rotatable bonds is 2. The number of hydrogen-bond donors (Lipinski definition) is 1. The molecule has 0 saturated carbocycles. The van der Waals surface area contributed by atoms with Crippen molar-refractivity contribution in [2.45, 2.75) is 12.3 Å². The Morgan fingerprint density at radius 3 is 2.08 bits per heavy atom. The molecule has 0 aliphatic rings. The summed E-state index contributed by atoms with van der Waals surface area (Å²) >= 11 is 0. The number of aliphatic hydroxyl groups is 1. The summed E-state index contributed by atoms with van der Waals surface area (Å²) in [6.45, 7) is 0. The molecule has 1 nitrogen and oxygen atoms in total. The lowest BCUT2D eigenvalue weighted by Crippen LogP contribution is -2.21. The van der Waals surface area contributed by atoms with Crippen LogP contribution in [0, 0.1) is 0 Å². The molecule has 0 aliphatic heterocycles. The molecule has 0 bridgehead atoms. The van der Waals surface area contributed by atoms with Crippen molar-refractivity contribution in [2.75, 3.05) is 0 Å². The van der Waals surface area contributed by atoms with Crippen molar-refractivity contribution in [3.05, 3.63) is 35.9 Å². The van der Waals surface area contributed by atoms with Gasteiger partial charge >= 0.3 is 6.11 Å². The minimum Gasteiger partial charge on any atom is -0.334 e. The Morgan fingerprint density at radius 2 is 1.67 bits per heavy atom. The van der Waals surface area contributed by atoms with Crippen LogP contribution in [0.1, 0.15) is 11.7 Å². The van der Waals surface area contributed by atoms with Crippen LogP contribution < -0.4 is 0 Å². The van der Waals surface area contributed by atoms with Gasteiger partial charge in [-0.3, -0.25) is 0 Å². The van der Waals surface area contributed by atoms with E-state index >= 15 is 0 Å². The molecule has 12 heavy (non-hydrogen) atoms. The molecule has 0 heterocycles. The maximum Gasteiger partial charge on any atom is 0.388 e. The zero-order chi connectivity index (χ0) is 9.19. The molecular weight excluding hydrogens is 169 g/mol. The van der Waals surface area contributed by atoms with E-state index in [9.17, 15) is 13.2 Å². The van der Waals surface area contributed by atoms with Crippen LogP contribution in [0.3, 0.4) is 0 Å². The minimum atomic E-state index is -4.30. The molecule has 0 fully saturated rings. The fourth-order valence-electron chi connectivity index (χ4n) is 0.823. The highest BCUT2D eigenvalue weighted by atomic mass is 19.3. The summed E-state index contributed by atoms with van der Waals surface area (Å²) in [5, 5.41) is 8.03. The van der Waals surface area contributed by atoms with E-state index in [0.717, 1.165) is 0 Å². The van der Waals surface area contributed by atoms with Crippen LogP contribution in [-0.4, -0.2) is 11.2 Å². The maximum absolute atomic E-state index is 12.6. The number of hydrogen-bond acceptors (Lipinski definition) is 1. The molecule has 1 aromatic carbocycles. The van der Waals surface area contributed by atoms with Gasteiger partial charge in [0.05, 0.1) is 0 Å². The van der Waals surface area contributed by atoms with E-state index in [1.165, 1.54) is 24.3 Å². The first-order chi connectivity index (χ1) is 5.52. The Hall–Kier alpha value is -1.03. The Labute approximate surface area is 67.5 Å². The van der Waals surface area contributed by atoms with E-state index in [2.05, 4.69) is 0 Å². The molecule has 66 valence electrons. The molecule has 1 atom stereocenters. The van der Waals surface area contributed by atoms with E-state index in [1.807, 2.05) is 0 Å². The van der Waals surface area contributed by atoms with Gasteiger partial charge in [0.15, 0.2) is 0 Å². The summed E-state index contributed by atoms with van der Waals surface area (Å²) < 4.78 is 36.6. The Balaban J connectivity index is 2.86. The van der Waals surface area contributed by atoms with Gasteiger partial charge in [-0.15, -0.1) is 0 Å². The second-order valence-corrected chi connectivity index (χ2v) is 2.36. The first-order valence-electron chi connectivity index (χ1n) is 3.31. The van der Waals surface area contributed by atoms with Crippen LogP contribution in [-0.2, 0) is 0 Å². The average molecular weight is 176 g/mol. The zero-order valence-electron chi connectivity index (χ0n) is 6.05. The van der Waals surface area contributed by atoms with Crippen molar-refractivity contribution in [2.24, 2.45) is 0 Å². The van der Waals surface area contributed by atoms with Gasteiger partial charge in [-0.05, 0) is 5.56 Å². The summed E-state index contributed by atoms with van der Waals surface area (Å²) in [5.41, 5.74) is -0.231. The van der Waals surface area contributed by atoms with E-state index in [4.69, 9.17) is 5.11 Å². The lowest BCUT2D eigenvalue weighted by Gasteiger charge is -2.13. The minimum absolute atomic E-state index is 0.231. The highest BCUT2D eigenvalue weighted by molar-refractivity contribution is 5.18. The van der Waals surface area contributed by atoms with Gasteiger partial charge in [-0.25, -0.2) is 4.39 Å². The van der Waals surface area contributed by atoms with Gasteiger partial charge in [0.2, 0.25) is 6.17 Å². The van der Waals surface area contributed by atoms with Crippen molar-refractivity contribution in [3.63, 3.8) is 0 Å². The van der Waals surface area contributed by atoms with Crippen molar-refractivity contribution in [3.8, 4) is 0 Å². The molecular formula is C8H7F3O. The van der Waals surface area contributed by atoms with Gasteiger partial charge in [-0.1, -0.05) is 30.3 Å². The first kappa shape index (κ1) is 9.06. The molecule has 0 spiro atoms. The zero-order valence-corrected chi connectivity index (χ0v) is 6.05. The van der Waals surface area contributed by atoms with Crippen LogP contribution in [0.4, 0.5) is 13.2 Å². The maximum atomic E-state index is 12.6. The van der Waals surface area contributed by atoms with Gasteiger partial charge in [0.25, 0.3) is 0 Å². The summed E-state index contributed by atoms with van der Waals surface area (Å²) in [6.07, 6.45) is -6.96. The molecule has 0 amide bonds. The predicted octanol–water partition coefficient (Wildman–Crippen LogP) is 2.28. The third kappa shape index (κ3) is 1.98. The van der Waals surface area contributed by atoms with E-state index in [1.54, 1.807) is 6.07 Å². The van der Waals surface area contributed by atoms with Crippen LogP contribution in [0.25, 0.3) is 0 Å². The fourth-order valence-corrected chi connectivity index (χ4v) is 0.823. The van der Waals surface area contributed by atoms with Crippen LogP contribution in [0.2, 0.25) is 0 Å². The summed E-state index contributed by atoms with van der Waals surface area (Å²) in [5.74, 6) is 0. The Kier molecular flexibility index (Phi) is 2.38. The van der Waals surface area contributed by atoms with Crippen LogP contribution >= 0.6 is 0 Å². The SMILES string of the molecule is OC(F)(F)C(F)c1ccccc1. The number of halogens is 3. The molecule has 0 radical (unpaired) electrons. The predicted molar refractivity (Wildman–Crippen MR) is 37.5 cm³/mol. The van der Waals surface area contributed by atoms with E-state index < -0.39 is 12.3 Å². The highest BCUT2D eigenvalue weighted by Crippen LogP contribution is 2.31. The topological polar surface area (TPSA) is 20.2 Å². The molecule has 1 N–H and O–H groups in total. The molecule has 1 unspecified atom stereocenters. The molecule has 0 aliphatic carbocycles. The number of benzene rings is 1. The first-order valence-corrected chi connectivity index (χ1v) is 3.31. The standard InChI is InChI=1S/C8H7F3O/c9-7(8(10,11)12)6-4-2-1-3-5-6/h1-5,7,12H. The second kappa shape index (κ2) is 3.15. The molecule has 4 heteroatoms. The van der Waals surface area contributed by atoms with Crippen LogP contribution in [0.5, 0.6) is 0 Å². The van der Waals surface area contributed by atoms with Gasteiger partial charge in [0.1, 0.15) is 0 Å². The number of alkyl halides is 3. The van der Waals surface area contributed by atoms with Gasteiger partial charge in [0, 0.05) is 0 Å². The van der Waals surface area contributed by atoms with Gasteiger partial charge in [-0.2, -0.15) is 8.78 Å². The molecule has 0 saturated heterocycles. The summed E-state index contributed by atoms with van der Waals surface area (Å²) in [6, 6.07) is 6.80. The Bertz CT molecular complexity index is 242. The smallest absolute Gasteiger partial charge is 0.334 e. The molecule has 1 aromatic rings. The largest absolute Gasteiger partial charge is 0.388 e. The van der Waals surface area contributed by atoms with Crippen molar-refractivity contribution in [1.29, 1.82) is 0 Å². The van der Waals surface area contributed by atoms with Gasteiger partial charge < -0.3 is 5.11 Å². The molecule has 1 rings (SSSR count). The Morgan fingerprint density at radius 1 is 1.17 bits per heavy atom. The third-order valence-electron chi connectivity index (χ3n) is 1.40. The summed E-state index contributed by atoms with van der Waals surface area (Å²) in [4.78, 5) is 0. The van der Waals surface area contributed by atoms with E-state index in [-0.39, 0.29) is 5.56 Å². The van der Waals surface area contributed by atoms with Crippen molar-refractivity contribution < 1.29 is 18.3 Å². The highest BCUT2D eigenvalue weighted by Gasteiger charge is 2.38. The summed E-state index contributed by atoms with van der Waals surface area (Å²) in [7, 11) is 0. The molecule has 0 aromatic heterocycles. The van der Waals surface area contributed by atoms with Crippen molar-refractivity contribution in [1.82, 2.24) is 0 Å².